The van der Waals surface area contributed by atoms with Crippen molar-refractivity contribution in [2.45, 2.75) is 38.6 Å². The average Bonchev–Trinajstić information content (AvgIpc) is 2.79. The summed E-state index contributed by atoms with van der Waals surface area (Å²) in [4.78, 5) is 13.0. The lowest BCUT2D eigenvalue weighted by Crippen LogP contribution is -2.41. The van der Waals surface area contributed by atoms with Gasteiger partial charge in [-0.15, -0.1) is 0 Å². The van der Waals surface area contributed by atoms with Crippen LogP contribution in [0.3, 0.4) is 0 Å². The summed E-state index contributed by atoms with van der Waals surface area (Å²) in [7, 11) is -3.98. The van der Waals surface area contributed by atoms with E-state index in [0.29, 0.717) is 18.0 Å². The van der Waals surface area contributed by atoms with Crippen molar-refractivity contribution in [3.63, 3.8) is 0 Å². The Hall–Kier alpha value is -3.32. The maximum atomic E-state index is 13.5. The Labute approximate surface area is 196 Å². The lowest BCUT2D eigenvalue weighted by atomic mass is 10.1. The van der Waals surface area contributed by atoms with Crippen molar-refractivity contribution in [2.24, 2.45) is 0 Å². The van der Waals surface area contributed by atoms with Crippen molar-refractivity contribution in [2.75, 3.05) is 17.5 Å². The SMILES string of the molecule is CCOc1ccc(S(=O)(=O)N(CC(=O)N[C@@H](C)c2ccc(C)cc2)c2ccc(C)cc2)cc1. The number of anilines is 1. The summed E-state index contributed by atoms with van der Waals surface area (Å²) in [5.41, 5.74) is 3.50. The molecule has 1 atom stereocenters. The number of benzene rings is 3. The van der Waals surface area contributed by atoms with Gasteiger partial charge in [0, 0.05) is 0 Å². The predicted octanol–water partition coefficient (Wildman–Crippen LogP) is 4.77. The normalized spacial score (nSPS) is 12.1. The third kappa shape index (κ3) is 6.14. The van der Waals surface area contributed by atoms with Crippen LogP contribution in [0.5, 0.6) is 5.75 Å². The second kappa shape index (κ2) is 10.5. The molecule has 174 valence electrons. The molecule has 0 heterocycles. The highest BCUT2D eigenvalue weighted by atomic mass is 32.2. The van der Waals surface area contributed by atoms with Gasteiger partial charge >= 0.3 is 0 Å². The average molecular weight is 467 g/mol. The molecule has 0 radical (unpaired) electrons. The van der Waals surface area contributed by atoms with Crippen LogP contribution in [0, 0.1) is 13.8 Å². The first-order chi connectivity index (χ1) is 15.7. The second-order valence-corrected chi connectivity index (χ2v) is 9.81. The van der Waals surface area contributed by atoms with Crippen molar-refractivity contribution < 1.29 is 17.9 Å². The summed E-state index contributed by atoms with van der Waals surface area (Å²) in [6.45, 7) is 7.80. The molecule has 0 saturated heterocycles. The van der Waals surface area contributed by atoms with Gasteiger partial charge in [-0.05, 0) is 69.7 Å². The summed E-state index contributed by atoms with van der Waals surface area (Å²) in [6.07, 6.45) is 0. The van der Waals surface area contributed by atoms with Crippen LogP contribution in [0.2, 0.25) is 0 Å². The Morgan fingerprint density at radius 3 is 2.00 bits per heavy atom. The molecule has 3 aromatic rings. The van der Waals surface area contributed by atoms with Gasteiger partial charge in [0.2, 0.25) is 5.91 Å². The highest BCUT2D eigenvalue weighted by Crippen LogP contribution is 2.26. The summed E-state index contributed by atoms with van der Waals surface area (Å²) in [5, 5.41) is 2.91. The van der Waals surface area contributed by atoms with Crippen molar-refractivity contribution in [3.8, 4) is 5.75 Å². The molecule has 3 rings (SSSR count). The summed E-state index contributed by atoms with van der Waals surface area (Å²) in [5.74, 6) is 0.196. The van der Waals surface area contributed by atoms with E-state index in [-0.39, 0.29) is 17.5 Å². The Bertz CT molecular complexity index is 1170. The molecular weight excluding hydrogens is 436 g/mol. The van der Waals surface area contributed by atoms with Crippen LogP contribution in [0.1, 0.15) is 36.6 Å². The minimum Gasteiger partial charge on any atom is -0.494 e. The van der Waals surface area contributed by atoms with Gasteiger partial charge in [-0.2, -0.15) is 0 Å². The number of hydrogen-bond acceptors (Lipinski definition) is 4. The van der Waals surface area contributed by atoms with Crippen LogP contribution >= 0.6 is 0 Å². The fraction of sp³-hybridized carbons (Fsp3) is 0.269. The molecule has 0 aliphatic heterocycles. The molecule has 0 aromatic heterocycles. The van der Waals surface area contributed by atoms with Gasteiger partial charge in [-0.3, -0.25) is 9.10 Å². The number of nitrogens with zero attached hydrogens (tertiary/aromatic N) is 1. The van der Waals surface area contributed by atoms with Gasteiger partial charge in [0.1, 0.15) is 12.3 Å². The number of aryl methyl sites for hydroxylation is 2. The van der Waals surface area contributed by atoms with Crippen LogP contribution < -0.4 is 14.4 Å². The minimum atomic E-state index is -3.98. The summed E-state index contributed by atoms with van der Waals surface area (Å²) >= 11 is 0. The van der Waals surface area contributed by atoms with E-state index in [0.717, 1.165) is 21.0 Å². The third-order valence-corrected chi connectivity index (χ3v) is 7.07. The van der Waals surface area contributed by atoms with Crippen LogP contribution in [0.25, 0.3) is 0 Å². The molecule has 0 fully saturated rings. The summed E-state index contributed by atoms with van der Waals surface area (Å²) in [6, 6.07) is 20.9. The Morgan fingerprint density at radius 2 is 1.45 bits per heavy atom. The number of nitrogens with one attached hydrogen (secondary N) is 1. The molecule has 33 heavy (non-hydrogen) atoms. The van der Waals surface area contributed by atoms with E-state index in [1.54, 1.807) is 24.3 Å². The molecule has 0 aliphatic carbocycles. The second-order valence-electron chi connectivity index (χ2n) is 7.95. The Morgan fingerprint density at radius 1 is 0.909 bits per heavy atom. The van der Waals surface area contributed by atoms with E-state index in [9.17, 15) is 13.2 Å². The number of rotatable bonds is 9. The molecule has 0 bridgehead atoms. The first kappa shape index (κ1) is 24.3. The molecular formula is C26H30N2O4S. The zero-order valence-corrected chi connectivity index (χ0v) is 20.2. The van der Waals surface area contributed by atoms with E-state index in [2.05, 4.69) is 5.32 Å². The fourth-order valence-electron chi connectivity index (χ4n) is 3.38. The maximum absolute atomic E-state index is 13.5. The molecule has 0 spiro atoms. The quantitative estimate of drug-likeness (QED) is 0.493. The van der Waals surface area contributed by atoms with Crippen molar-refractivity contribution in [3.05, 3.63) is 89.5 Å². The number of ether oxygens (including phenoxy) is 1. The van der Waals surface area contributed by atoms with Gasteiger partial charge in [0.05, 0.1) is 23.2 Å². The van der Waals surface area contributed by atoms with Crippen LogP contribution in [-0.4, -0.2) is 27.5 Å². The molecule has 0 aliphatic rings. The Balaban J connectivity index is 1.87. The molecule has 0 saturated carbocycles. The van der Waals surface area contributed by atoms with E-state index >= 15 is 0 Å². The number of carbonyl (C=O) groups is 1. The molecule has 1 amide bonds. The van der Waals surface area contributed by atoms with Crippen molar-refractivity contribution in [1.82, 2.24) is 5.32 Å². The zero-order valence-electron chi connectivity index (χ0n) is 19.4. The van der Waals surface area contributed by atoms with Gasteiger partial charge in [0.25, 0.3) is 10.0 Å². The largest absolute Gasteiger partial charge is 0.494 e. The minimum absolute atomic E-state index is 0.0888. The van der Waals surface area contributed by atoms with Crippen molar-refractivity contribution in [1.29, 1.82) is 0 Å². The topological polar surface area (TPSA) is 75.7 Å². The van der Waals surface area contributed by atoms with Crippen molar-refractivity contribution >= 4 is 21.6 Å². The van der Waals surface area contributed by atoms with Gasteiger partial charge in [-0.25, -0.2) is 8.42 Å². The first-order valence-electron chi connectivity index (χ1n) is 10.9. The van der Waals surface area contributed by atoms with E-state index in [1.165, 1.54) is 12.1 Å². The maximum Gasteiger partial charge on any atom is 0.264 e. The van der Waals surface area contributed by atoms with Gasteiger partial charge in [0.15, 0.2) is 0 Å². The fourth-order valence-corrected chi connectivity index (χ4v) is 4.80. The third-order valence-electron chi connectivity index (χ3n) is 5.29. The molecule has 7 heteroatoms. The smallest absolute Gasteiger partial charge is 0.264 e. The van der Waals surface area contributed by atoms with Gasteiger partial charge < -0.3 is 10.1 Å². The lowest BCUT2D eigenvalue weighted by Gasteiger charge is -2.25. The molecule has 0 unspecified atom stereocenters. The van der Waals surface area contributed by atoms with Gasteiger partial charge in [-0.1, -0.05) is 47.5 Å². The highest BCUT2D eigenvalue weighted by molar-refractivity contribution is 7.92. The molecule has 1 N–H and O–H groups in total. The van der Waals surface area contributed by atoms with E-state index < -0.39 is 15.9 Å². The number of sulfonamides is 1. The monoisotopic (exact) mass is 466 g/mol. The predicted molar refractivity (Wildman–Crippen MR) is 131 cm³/mol. The molecule has 6 nitrogen and oxygen atoms in total. The number of hydrogen-bond donors (Lipinski definition) is 1. The Kier molecular flexibility index (Phi) is 7.76. The number of carbonyl (C=O) groups excluding carboxylic acids is 1. The van der Waals surface area contributed by atoms with Crippen LogP contribution in [0.15, 0.2) is 77.7 Å². The summed E-state index contributed by atoms with van der Waals surface area (Å²) < 4.78 is 33.6. The highest BCUT2D eigenvalue weighted by Gasteiger charge is 2.27. The van der Waals surface area contributed by atoms with E-state index in [1.807, 2.05) is 64.1 Å². The lowest BCUT2D eigenvalue weighted by molar-refractivity contribution is -0.120. The first-order valence-corrected chi connectivity index (χ1v) is 12.3. The van der Waals surface area contributed by atoms with E-state index in [4.69, 9.17) is 4.74 Å². The molecule has 3 aromatic carbocycles. The standard InChI is InChI=1S/C26H30N2O4S/c1-5-32-24-14-16-25(17-15-24)33(30,31)28(23-12-8-20(3)9-13-23)18-26(29)27-21(4)22-10-6-19(2)7-11-22/h6-17,21H,5,18H2,1-4H3,(H,27,29)/t21-/m0/s1. The van der Waals surface area contributed by atoms with Crippen LogP contribution in [0.4, 0.5) is 5.69 Å². The van der Waals surface area contributed by atoms with Crippen LogP contribution in [-0.2, 0) is 14.8 Å². The zero-order chi connectivity index (χ0) is 24.0. The number of amides is 1.